The zero-order chi connectivity index (χ0) is 29.1. The van der Waals surface area contributed by atoms with Crippen LogP contribution < -0.4 is 11.1 Å². The molecule has 1 aromatic carbocycles. The van der Waals surface area contributed by atoms with E-state index in [0.717, 1.165) is 51.8 Å². The quantitative estimate of drug-likeness (QED) is 0.276. The van der Waals surface area contributed by atoms with E-state index >= 15 is 0 Å². The molecule has 2 amide bonds. The van der Waals surface area contributed by atoms with Crippen LogP contribution in [0.1, 0.15) is 62.2 Å². The fraction of sp³-hybridized carbons (Fsp3) is 0.400. The second kappa shape index (κ2) is 11.9. The normalized spacial score (nSPS) is 14.4. The predicted octanol–water partition coefficient (Wildman–Crippen LogP) is 5.74. The predicted molar refractivity (Wildman–Crippen MR) is 157 cm³/mol. The van der Waals surface area contributed by atoms with Gasteiger partial charge in [0.05, 0.1) is 17.9 Å². The molecular weight excluding hydrogens is 543 g/mol. The highest BCUT2D eigenvalue weighted by Gasteiger charge is 2.28. The Balaban J connectivity index is 1.34. The van der Waals surface area contributed by atoms with Crippen molar-refractivity contribution in [3.63, 3.8) is 0 Å². The third-order valence-corrected chi connectivity index (χ3v) is 7.89. The highest BCUT2D eigenvalue weighted by molar-refractivity contribution is 7.10. The molecule has 11 heteroatoms. The monoisotopic (exact) mass is 578 g/mol. The number of likely N-dealkylation sites (tertiary alicyclic amines) is 1. The number of nitrogens with two attached hydrogens (primary N) is 1. The number of piperidine rings is 1. The lowest BCUT2D eigenvalue weighted by atomic mass is 9.90. The summed E-state index contributed by atoms with van der Waals surface area (Å²) in [4.78, 5) is 35.3. The minimum Gasteiger partial charge on any atom is -0.444 e. The Morgan fingerprint density at radius 2 is 1.85 bits per heavy atom. The Morgan fingerprint density at radius 1 is 1.12 bits per heavy atom. The lowest BCUT2D eigenvalue weighted by molar-refractivity contribution is -0.118. The third kappa shape index (κ3) is 7.02. The number of aromatic nitrogens is 3. The first-order chi connectivity index (χ1) is 19.6. The van der Waals surface area contributed by atoms with Gasteiger partial charge < -0.3 is 20.7 Å². The molecule has 1 aliphatic rings. The van der Waals surface area contributed by atoms with Crippen molar-refractivity contribution in [2.24, 2.45) is 5.73 Å². The van der Waals surface area contributed by atoms with Gasteiger partial charge in [0.2, 0.25) is 5.91 Å². The number of hydrogen-bond acceptors (Lipinski definition) is 7. The topological polar surface area (TPSA) is 115 Å². The summed E-state index contributed by atoms with van der Waals surface area (Å²) in [6, 6.07) is 10.4. The number of benzene rings is 1. The molecule has 4 aromatic rings. The number of rotatable bonds is 8. The highest BCUT2D eigenvalue weighted by atomic mass is 32.1. The molecule has 0 aliphatic carbocycles. The van der Waals surface area contributed by atoms with Crippen LogP contribution >= 0.6 is 11.3 Å². The van der Waals surface area contributed by atoms with Crippen LogP contribution in [0.15, 0.2) is 48.0 Å². The number of pyridine rings is 1. The molecule has 0 radical (unpaired) electrons. The summed E-state index contributed by atoms with van der Waals surface area (Å²) in [6.45, 7) is 7.36. The first-order valence-corrected chi connectivity index (χ1v) is 14.6. The van der Waals surface area contributed by atoms with E-state index in [4.69, 9.17) is 20.4 Å². The van der Waals surface area contributed by atoms with Gasteiger partial charge in [0.1, 0.15) is 27.9 Å². The molecule has 0 bridgehead atoms. The van der Waals surface area contributed by atoms with Gasteiger partial charge in [-0.2, -0.15) is 0 Å². The lowest BCUT2D eigenvalue weighted by Gasteiger charge is -2.33. The number of nitrogens with zero attached hydrogens (tertiary/aromatic N) is 4. The van der Waals surface area contributed by atoms with Crippen molar-refractivity contribution in [1.29, 1.82) is 0 Å². The van der Waals surface area contributed by atoms with Crippen LogP contribution in [0.2, 0.25) is 0 Å². The largest absolute Gasteiger partial charge is 0.444 e. The Kier molecular flexibility index (Phi) is 8.25. The molecule has 5 rings (SSSR count). The number of aryl methyl sites for hydroxylation is 1. The number of hydrogen-bond donors (Lipinski definition) is 2. The minimum absolute atomic E-state index is 0.195. The summed E-state index contributed by atoms with van der Waals surface area (Å²) < 4.78 is 20.9. The average molecular weight is 579 g/mol. The van der Waals surface area contributed by atoms with Crippen molar-refractivity contribution >= 4 is 34.8 Å². The van der Waals surface area contributed by atoms with Gasteiger partial charge in [0.25, 0.3) is 0 Å². The van der Waals surface area contributed by atoms with Crippen molar-refractivity contribution < 1.29 is 18.7 Å². The minimum atomic E-state index is -0.517. The van der Waals surface area contributed by atoms with Crippen LogP contribution in [0.25, 0.3) is 16.9 Å². The van der Waals surface area contributed by atoms with Gasteiger partial charge in [0, 0.05) is 43.1 Å². The van der Waals surface area contributed by atoms with E-state index < -0.39 is 5.60 Å². The average Bonchev–Trinajstić information content (AvgIpc) is 3.54. The maximum Gasteiger partial charge on any atom is 0.410 e. The van der Waals surface area contributed by atoms with Crippen molar-refractivity contribution in [3.8, 4) is 11.3 Å². The van der Waals surface area contributed by atoms with Crippen LogP contribution in [0.4, 0.5) is 15.0 Å². The second-order valence-electron chi connectivity index (χ2n) is 11.3. The Morgan fingerprint density at radius 3 is 2.54 bits per heavy atom. The summed E-state index contributed by atoms with van der Waals surface area (Å²) in [5, 5.41) is 6.31. The van der Waals surface area contributed by atoms with Gasteiger partial charge in [-0.3, -0.25) is 9.20 Å². The Labute approximate surface area is 242 Å². The Hall–Kier alpha value is -3.99. The van der Waals surface area contributed by atoms with E-state index in [-0.39, 0.29) is 24.2 Å². The summed E-state index contributed by atoms with van der Waals surface area (Å²) in [5.41, 5.74) is 9.27. The standard InChI is InChI=1S/C30H35FN6O3S/c1-30(2,3)40-29(39)36-14-12-19(13-15-36)21-6-11-26-34-23(9-10-25(32)38)28(37(26)17-21)33-16-27-35-24(18-41-27)20-4-7-22(31)8-5-20/h4-8,11,17-19,33H,9-10,12-16H2,1-3H3,(H2,32,38). The molecule has 1 saturated heterocycles. The molecular formula is C30H35FN6O3S. The number of amides is 2. The van der Waals surface area contributed by atoms with Gasteiger partial charge in [0.15, 0.2) is 0 Å². The third-order valence-electron chi connectivity index (χ3n) is 7.04. The van der Waals surface area contributed by atoms with Gasteiger partial charge >= 0.3 is 6.09 Å². The van der Waals surface area contributed by atoms with Crippen LogP contribution in [-0.4, -0.2) is 50.0 Å². The number of carbonyl (C=O) groups excluding carboxylic acids is 2. The Bertz CT molecular complexity index is 1530. The van der Waals surface area contributed by atoms with Gasteiger partial charge in [-0.15, -0.1) is 11.3 Å². The molecule has 0 spiro atoms. The van der Waals surface area contributed by atoms with E-state index in [1.165, 1.54) is 23.5 Å². The number of halogens is 1. The molecule has 9 nitrogen and oxygen atoms in total. The van der Waals surface area contributed by atoms with E-state index in [1.54, 1.807) is 17.0 Å². The van der Waals surface area contributed by atoms with E-state index in [1.807, 2.05) is 36.6 Å². The van der Waals surface area contributed by atoms with E-state index in [0.29, 0.717) is 32.0 Å². The number of carbonyl (C=O) groups is 2. The fourth-order valence-electron chi connectivity index (χ4n) is 4.98. The maximum absolute atomic E-state index is 13.3. The summed E-state index contributed by atoms with van der Waals surface area (Å²) in [7, 11) is 0. The van der Waals surface area contributed by atoms with Crippen molar-refractivity contribution in [1.82, 2.24) is 19.3 Å². The number of ether oxygens (including phenoxy) is 1. The van der Waals surface area contributed by atoms with Gasteiger partial charge in [-0.1, -0.05) is 6.07 Å². The van der Waals surface area contributed by atoms with Crippen molar-refractivity contribution in [3.05, 3.63) is 70.1 Å². The molecule has 1 aliphatic heterocycles. The number of thiazole rings is 1. The molecule has 0 atom stereocenters. The fourth-order valence-corrected chi connectivity index (χ4v) is 5.72. The first-order valence-electron chi connectivity index (χ1n) is 13.8. The van der Waals surface area contributed by atoms with Crippen molar-refractivity contribution in [2.45, 2.75) is 64.5 Å². The van der Waals surface area contributed by atoms with Crippen LogP contribution in [0, 0.1) is 5.82 Å². The zero-order valence-electron chi connectivity index (χ0n) is 23.5. The van der Waals surface area contributed by atoms with E-state index in [2.05, 4.69) is 17.6 Å². The molecule has 41 heavy (non-hydrogen) atoms. The first kappa shape index (κ1) is 28.5. The molecule has 3 N–H and O–H groups in total. The smallest absolute Gasteiger partial charge is 0.410 e. The second-order valence-corrected chi connectivity index (χ2v) is 12.2. The van der Waals surface area contributed by atoms with Crippen LogP contribution in [-0.2, 0) is 22.5 Å². The number of anilines is 1. The number of nitrogens with one attached hydrogen (secondary N) is 1. The number of fused-ring (bicyclic) bond motifs is 1. The zero-order valence-corrected chi connectivity index (χ0v) is 24.3. The molecule has 3 aromatic heterocycles. The van der Waals surface area contributed by atoms with Crippen molar-refractivity contribution in [2.75, 3.05) is 18.4 Å². The summed E-state index contributed by atoms with van der Waals surface area (Å²) in [5.74, 6) is 0.427. The molecule has 0 saturated carbocycles. The summed E-state index contributed by atoms with van der Waals surface area (Å²) in [6.07, 6.45) is 4.11. The van der Waals surface area contributed by atoms with Gasteiger partial charge in [-0.25, -0.2) is 19.2 Å². The van der Waals surface area contributed by atoms with Crippen LogP contribution in [0.5, 0.6) is 0 Å². The maximum atomic E-state index is 13.3. The molecule has 1 fully saturated rings. The molecule has 0 unspecified atom stereocenters. The van der Waals surface area contributed by atoms with Gasteiger partial charge in [-0.05, 0) is 75.4 Å². The van der Waals surface area contributed by atoms with E-state index in [9.17, 15) is 14.0 Å². The summed E-state index contributed by atoms with van der Waals surface area (Å²) >= 11 is 1.52. The lowest BCUT2D eigenvalue weighted by Crippen LogP contribution is -2.41. The molecule has 4 heterocycles. The van der Waals surface area contributed by atoms with Crippen LogP contribution in [0.3, 0.4) is 0 Å². The number of primary amides is 1. The molecule has 216 valence electrons. The highest BCUT2D eigenvalue weighted by Crippen LogP contribution is 2.31. The number of imidazole rings is 1. The SMILES string of the molecule is CC(C)(C)OC(=O)N1CCC(c2ccc3nc(CCC(N)=O)c(NCc4nc(-c5ccc(F)cc5)cs4)n3c2)CC1.